The molecule has 0 amide bonds. The molecule has 2 aromatic rings. The third-order valence-corrected chi connectivity index (χ3v) is 1.83. The van der Waals surface area contributed by atoms with E-state index in [2.05, 4.69) is 9.97 Å². The number of aromatic nitrogens is 3. The molecule has 0 radical (unpaired) electrons. The maximum Gasteiger partial charge on any atom is 0.106 e. The molecule has 0 unspecified atom stereocenters. The van der Waals surface area contributed by atoms with Crippen LogP contribution >= 0.6 is 0 Å². The molecule has 0 aliphatic carbocycles. The van der Waals surface area contributed by atoms with Crippen LogP contribution < -0.4 is 5.11 Å². The number of hydrogen-bond donors (Lipinski definition) is 0. The van der Waals surface area contributed by atoms with Gasteiger partial charge in [0.1, 0.15) is 5.52 Å². The molecule has 2 heterocycles. The second-order valence-corrected chi connectivity index (χ2v) is 2.50. The SMILES string of the molecule is CCn1c([O-])nc2cnccc21. The van der Waals surface area contributed by atoms with Gasteiger partial charge in [-0.15, -0.1) is 0 Å². The Bertz CT molecular complexity index is 408. The van der Waals surface area contributed by atoms with E-state index in [9.17, 15) is 5.11 Å². The second kappa shape index (κ2) is 2.48. The van der Waals surface area contributed by atoms with Gasteiger partial charge in [-0.3, -0.25) is 4.98 Å². The third kappa shape index (κ3) is 0.845. The number of rotatable bonds is 1. The molecule has 0 aliphatic rings. The number of pyridine rings is 1. The zero-order chi connectivity index (χ0) is 8.55. The lowest BCUT2D eigenvalue weighted by Gasteiger charge is -2.07. The molecule has 0 aliphatic heterocycles. The molecule has 0 bridgehead atoms. The molecule has 4 heteroatoms. The number of fused-ring (bicyclic) bond motifs is 1. The van der Waals surface area contributed by atoms with E-state index in [1.54, 1.807) is 23.0 Å². The Labute approximate surface area is 69.5 Å². The van der Waals surface area contributed by atoms with Gasteiger partial charge in [-0.25, -0.2) is 4.98 Å². The molecule has 0 saturated heterocycles. The van der Waals surface area contributed by atoms with Crippen LogP contribution in [0.5, 0.6) is 6.01 Å². The van der Waals surface area contributed by atoms with Gasteiger partial charge in [0.25, 0.3) is 0 Å². The molecular formula is C8H8N3O-. The molecule has 0 saturated carbocycles. The summed E-state index contributed by atoms with van der Waals surface area (Å²) < 4.78 is 1.62. The predicted octanol–water partition coefficient (Wildman–Crippen LogP) is 0.525. The fourth-order valence-electron chi connectivity index (χ4n) is 1.27. The zero-order valence-electron chi connectivity index (χ0n) is 6.69. The lowest BCUT2D eigenvalue weighted by Crippen LogP contribution is -2.02. The highest BCUT2D eigenvalue weighted by atomic mass is 16.3. The van der Waals surface area contributed by atoms with Gasteiger partial charge in [-0.05, 0) is 13.0 Å². The Morgan fingerprint density at radius 2 is 2.42 bits per heavy atom. The fourth-order valence-corrected chi connectivity index (χ4v) is 1.27. The normalized spacial score (nSPS) is 10.8. The molecule has 0 fully saturated rings. The van der Waals surface area contributed by atoms with Crippen molar-refractivity contribution in [3.8, 4) is 6.01 Å². The van der Waals surface area contributed by atoms with E-state index in [1.165, 1.54) is 0 Å². The summed E-state index contributed by atoms with van der Waals surface area (Å²) in [6, 6.07) is 1.60. The summed E-state index contributed by atoms with van der Waals surface area (Å²) in [5.41, 5.74) is 1.53. The van der Waals surface area contributed by atoms with Crippen molar-refractivity contribution in [2.75, 3.05) is 0 Å². The molecule has 12 heavy (non-hydrogen) atoms. The highest BCUT2D eigenvalue weighted by molar-refractivity contribution is 5.75. The molecule has 0 spiro atoms. The molecule has 2 aromatic heterocycles. The van der Waals surface area contributed by atoms with Crippen molar-refractivity contribution in [2.45, 2.75) is 13.5 Å². The Balaban J connectivity index is 2.81. The largest absolute Gasteiger partial charge is 0.846 e. The molecule has 62 valence electrons. The van der Waals surface area contributed by atoms with Crippen molar-refractivity contribution in [1.82, 2.24) is 14.5 Å². The van der Waals surface area contributed by atoms with Crippen LogP contribution in [-0.2, 0) is 6.54 Å². The number of nitrogens with zero attached hydrogens (tertiary/aromatic N) is 3. The van der Waals surface area contributed by atoms with Crippen molar-refractivity contribution in [3.05, 3.63) is 18.5 Å². The van der Waals surface area contributed by atoms with Crippen LogP contribution in [0.25, 0.3) is 11.0 Å². The summed E-state index contributed by atoms with van der Waals surface area (Å²) in [7, 11) is 0. The number of hydrogen-bond acceptors (Lipinski definition) is 3. The first kappa shape index (κ1) is 7.09. The van der Waals surface area contributed by atoms with Crippen LogP contribution in [0, 0.1) is 0 Å². The first-order chi connectivity index (χ1) is 5.83. The Morgan fingerprint density at radius 1 is 1.58 bits per heavy atom. The summed E-state index contributed by atoms with van der Waals surface area (Å²) in [5.74, 6) is 0. The minimum Gasteiger partial charge on any atom is -0.846 e. The van der Waals surface area contributed by atoms with Crippen molar-refractivity contribution in [2.24, 2.45) is 0 Å². The number of imidazole rings is 1. The van der Waals surface area contributed by atoms with E-state index in [-0.39, 0.29) is 6.01 Å². The van der Waals surface area contributed by atoms with Gasteiger partial charge in [0.2, 0.25) is 0 Å². The molecular weight excluding hydrogens is 154 g/mol. The lowest BCUT2D eigenvalue weighted by molar-refractivity contribution is -0.284. The monoisotopic (exact) mass is 162 g/mol. The predicted molar refractivity (Wildman–Crippen MR) is 42.6 cm³/mol. The van der Waals surface area contributed by atoms with Crippen LogP contribution in [0.4, 0.5) is 0 Å². The average molecular weight is 162 g/mol. The Hall–Kier alpha value is -1.58. The first-order valence-corrected chi connectivity index (χ1v) is 3.80. The Morgan fingerprint density at radius 3 is 3.17 bits per heavy atom. The summed E-state index contributed by atoms with van der Waals surface area (Å²) >= 11 is 0. The summed E-state index contributed by atoms with van der Waals surface area (Å²) in [6.07, 6.45) is 3.26. The maximum absolute atomic E-state index is 11.2. The summed E-state index contributed by atoms with van der Waals surface area (Å²) in [5, 5.41) is 11.2. The highest BCUT2D eigenvalue weighted by Crippen LogP contribution is 2.16. The number of aryl methyl sites for hydroxylation is 1. The quantitative estimate of drug-likeness (QED) is 0.614. The standard InChI is InChI=1S/C8H9N3O/c1-2-11-7-3-4-9-5-6(7)10-8(11)12/h3-5H,2H2,1H3,(H,10,12)/p-1. The summed E-state index contributed by atoms with van der Waals surface area (Å²) in [6.45, 7) is 2.57. The van der Waals surface area contributed by atoms with Gasteiger partial charge >= 0.3 is 0 Å². The zero-order valence-corrected chi connectivity index (χ0v) is 6.69. The average Bonchev–Trinajstić information content (AvgIpc) is 2.40. The molecule has 0 atom stereocenters. The maximum atomic E-state index is 11.2. The van der Waals surface area contributed by atoms with Gasteiger partial charge in [0.15, 0.2) is 0 Å². The molecule has 4 nitrogen and oxygen atoms in total. The van der Waals surface area contributed by atoms with Crippen molar-refractivity contribution < 1.29 is 5.11 Å². The third-order valence-electron chi connectivity index (χ3n) is 1.83. The van der Waals surface area contributed by atoms with Gasteiger partial charge in [0.05, 0.1) is 17.7 Å². The van der Waals surface area contributed by atoms with Crippen LogP contribution in [0.15, 0.2) is 18.5 Å². The lowest BCUT2D eigenvalue weighted by atomic mass is 10.4. The Kier molecular flexibility index (Phi) is 1.46. The smallest absolute Gasteiger partial charge is 0.106 e. The van der Waals surface area contributed by atoms with Gasteiger partial charge < -0.3 is 9.67 Å². The second-order valence-electron chi connectivity index (χ2n) is 2.50. The molecule has 0 aromatic carbocycles. The van der Waals surface area contributed by atoms with Crippen molar-refractivity contribution in [1.29, 1.82) is 0 Å². The van der Waals surface area contributed by atoms with Crippen LogP contribution in [-0.4, -0.2) is 14.5 Å². The van der Waals surface area contributed by atoms with E-state index < -0.39 is 0 Å². The molecule has 2 rings (SSSR count). The van der Waals surface area contributed by atoms with E-state index in [4.69, 9.17) is 0 Å². The van der Waals surface area contributed by atoms with E-state index in [1.807, 2.05) is 6.92 Å². The van der Waals surface area contributed by atoms with Crippen LogP contribution in [0.3, 0.4) is 0 Å². The van der Waals surface area contributed by atoms with E-state index in [0.717, 1.165) is 5.52 Å². The van der Waals surface area contributed by atoms with E-state index >= 15 is 0 Å². The van der Waals surface area contributed by atoms with Crippen molar-refractivity contribution in [3.63, 3.8) is 0 Å². The van der Waals surface area contributed by atoms with Gasteiger partial charge in [-0.1, -0.05) is 0 Å². The van der Waals surface area contributed by atoms with Crippen LogP contribution in [0.2, 0.25) is 0 Å². The van der Waals surface area contributed by atoms with Gasteiger partial charge in [-0.2, -0.15) is 0 Å². The first-order valence-electron chi connectivity index (χ1n) is 3.80. The van der Waals surface area contributed by atoms with Crippen LogP contribution in [0.1, 0.15) is 6.92 Å². The topological polar surface area (TPSA) is 53.8 Å². The highest BCUT2D eigenvalue weighted by Gasteiger charge is 2.00. The van der Waals surface area contributed by atoms with E-state index in [0.29, 0.717) is 12.1 Å². The van der Waals surface area contributed by atoms with Gasteiger partial charge in [0, 0.05) is 12.7 Å². The summed E-state index contributed by atoms with van der Waals surface area (Å²) in [4.78, 5) is 7.72. The molecule has 0 N–H and O–H groups in total. The van der Waals surface area contributed by atoms with Crippen molar-refractivity contribution >= 4 is 11.0 Å². The minimum absolute atomic E-state index is 0.194. The minimum atomic E-state index is -0.194. The fraction of sp³-hybridized carbons (Fsp3) is 0.250.